The van der Waals surface area contributed by atoms with Crippen LogP contribution in [0.4, 0.5) is 10.1 Å². The summed E-state index contributed by atoms with van der Waals surface area (Å²) in [7, 11) is 0. The standard InChI is InChI=1S/C9H13N3O3S/c1-3-4-6(2)8(13)11-9-10-5-7(16-9)12(14)15/h5-6H,3-4H2,1-2H3,(H,10,11,13). The van der Waals surface area contributed by atoms with Gasteiger partial charge in [0.25, 0.3) is 0 Å². The molecule has 16 heavy (non-hydrogen) atoms. The van der Waals surface area contributed by atoms with Gasteiger partial charge in [-0.1, -0.05) is 20.3 Å². The molecule has 0 aromatic carbocycles. The fourth-order valence-electron chi connectivity index (χ4n) is 1.20. The lowest BCUT2D eigenvalue weighted by atomic mass is 10.1. The smallest absolute Gasteiger partial charge is 0.302 e. The second-order valence-electron chi connectivity index (χ2n) is 3.44. The summed E-state index contributed by atoms with van der Waals surface area (Å²) in [4.78, 5) is 25.2. The number of carbonyl (C=O) groups excluding carboxylic acids is 1. The summed E-state index contributed by atoms with van der Waals surface area (Å²) in [5.41, 5.74) is 0. The van der Waals surface area contributed by atoms with Crippen LogP contribution in [0.1, 0.15) is 26.7 Å². The number of amides is 1. The Kier molecular flexibility index (Phi) is 4.36. The van der Waals surface area contributed by atoms with E-state index >= 15 is 0 Å². The van der Waals surface area contributed by atoms with Crippen LogP contribution < -0.4 is 5.32 Å². The molecule has 1 amide bonds. The highest BCUT2D eigenvalue weighted by atomic mass is 32.1. The topological polar surface area (TPSA) is 85.1 Å². The minimum absolute atomic E-state index is 0.0709. The predicted octanol–water partition coefficient (Wildman–Crippen LogP) is 2.43. The summed E-state index contributed by atoms with van der Waals surface area (Å²) < 4.78 is 0. The fourth-order valence-corrected chi connectivity index (χ4v) is 1.84. The van der Waals surface area contributed by atoms with E-state index in [4.69, 9.17) is 0 Å². The molecule has 0 fully saturated rings. The molecule has 0 saturated carbocycles. The maximum Gasteiger partial charge on any atom is 0.345 e. The highest BCUT2D eigenvalue weighted by Gasteiger charge is 2.16. The van der Waals surface area contributed by atoms with E-state index in [0.717, 1.165) is 30.4 Å². The Balaban J connectivity index is 2.59. The summed E-state index contributed by atoms with van der Waals surface area (Å²) in [6.07, 6.45) is 2.86. The van der Waals surface area contributed by atoms with Crippen molar-refractivity contribution >= 4 is 27.4 Å². The Bertz CT molecular complexity index is 391. The van der Waals surface area contributed by atoms with Crippen LogP contribution in [0.3, 0.4) is 0 Å². The van der Waals surface area contributed by atoms with E-state index in [1.165, 1.54) is 0 Å². The molecule has 0 aliphatic rings. The van der Waals surface area contributed by atoms with Crippen molar-refractivity contribution in [2.75, 3.05) is 5.32 Å². The molecule has 0 spiro atoms. The van der Waals surface area contributed by atoms with E-state index in [1.807, 2.05) is 13.8 Å². The van der Waals surface area contributed by atoms with Crippen LogP contribution >= 0.6 is 11.3 Å². The first-order valence-corrected chi connectivity index (χ1v) is 5.77. The number of nitrogens with one attached hydrogen (secondary N) is 1. The Morgan fingerprint density at radius 2 is 2.44 bits per heavy atom. The molecule has 0 saturated heterocycles. The van der Waals surface area contributed by atoms with Crippen LogP contribution in [-0.2, 0) is 4.79 Å². The van der Waals surface area contributed by atoms with Crippen LogP contribution in [-0.4, -0.2) is 15.8 Å². The van der Waals surface area contributed by atoms with Gasteiger partial charge in [0.2, 0.25) is 5.91 Å². The lowest BCUT2D eigenvalue weighted by Gasteiger charge is -2.08. The van der Waals surface area contributed by atoms with Crippen LogP contribution in [0.5, 0.6) is 0 Å². The fraction of sp³-hybridized carbons (Fsp3) is 0.556. The predicted molar refractivity (Wildman–Crippen MR) is 61.5 cm³/mol. The number of aromatic nitrogens is 1. The quantitative estimate of drug-likeness (QED) is 0.635. The zero-order chi connectivity index (χ0) is 12.1. The van der Waals surface area contributed by atoms with Crippen molar-refractivity contribution < 1.29 is 9.72 Å². The van der Waals surface area contributed by atoms with Crippen molar-refractivity contribution in [2.24, 2.45) is 5.92 Å². The molecule has 88 valence electrons. The molecule has 0 aliphatic heterocycles. The number of thiazole rings is 1. The molecular weight excluding hydrogens is 230 g/mol. The van der Waals surface area contributed by atoms with E-state index in [9.17, 15) is 14.9 Å². The zero-order valence-electron chi connectivity index (χ0n) is 9.10. The van der Waals surface area contributed by atoms with Crippen molar-refractivity contribution in [1.82, 2.24) is 4.98 Å². The van der Waals surface area contributed by atoms with Crippen molar-refractivity contribution in [1.29, 1.82) is 0 Å². The molecule has 6 nitrogen and oxygen atoms in total. The van der Waals surface area contributed by atoms with Gasteiger partial charge in [-0.15, -0.1) is 0 Å². The van der Waals surface area contributed by atoms with Crippen molar-refractivity contribution in [3.63, 3.8) is 0 Å². The third kappa shape index (κ3) is 3.27. The second-order valence-corrected chi connectivity index (χ2v) is 4.45. The number of rotatable bonds is 5. The third-order valence-corrected chi connectivity index (χ3v) is 2.94. The summed E-state index contributed by atoms with van der Waals surface area (Å²) >= 11 is 0.863. The molecule has 1 rings (SSSR count). The minimum atomic E-state index is -0.525. The van der Waals surface area contributed by atoms with E-state index in [0.29, 0.717) is 0 Å². The molecule has 1 aromatic heterocycles. The van der Waals surface area contributed by atoms with E-state index < -0.39 is 4.92 Å². The molecule has 0 aliphatic carbocycles. The monoisotopic (exact) mass is 243 g/mol. The lowest BCUT2D eigenvalue weighted by Crippen LogP contribution is -2.19. The van der Waals surface area contributed by atoms with Gasteiger partial charge in [0.05, 0.1) is 4.92 Å². The number of carbonyl (C=O) groups is 1. The van der Waals surface area contributed by atoms with Gasteiger partial charge in [0.1, 0.15) is 6.20 Å². The van der Waals surface area contributed by atoms with Crippen LogP contribution in [0.15, 0.2) is 6.20 Å². The maximum atomic E-state index is 11.6. The number of nitrogens with zero attached hydrogens (tertiary/aromatic N) is 2. The lowest BCUT2D eigenvalue weighted by molar-refractivity contribution is -0.380. The summed E-state index contributed by atoms with van der Waals surface area (Å²) in [5.74, 6) is -0.251. The Morgan fingerprint density at radius 3 is 2.94 bits per heavy atom. The molecule has 7 heteroatoms. The third-order valence-electron chi connectivity index (χ3n) is 2.07. The van der Waals surface area contributed by atoms with Gasteiger partial charge in [0.15, 0.2) is 5.13 Å². The summed E-state index contributed by atoms with van der Waals surface area (Å²) in [5, 5.41) is 13.2. The van der Waals surface area contributed by atoms with Gasteiger partial charge >= 0.3 is 5.00 Å². The van der Waals surface area contributed by atoms with E-state index in [-0.39, 0.29) is 22.0 Å². The molecule has 0 bridgehead atoms. The van der Waals surface area contributed by atoms with Crippen LogP contribution in [0.25, 0.3) is 0 Å². The molecule has 1 aromatic rings. The highest BCUT2D eigenvalue weighted by Crippen LogP contribution is 2.25. The first kappa shape index (κ1) is 12.6. The Labute approximate surface area is 96.8 Å². The summed E-state index contributed by atoms with van der Waals surface area (Å²) in [6.45, 7) is 3.82. The van der Waals surface area contributed by atoms with Crippen LogP contribution in [0, 0.1) is 16.0 Å². The molecular formula is C9H13N3O3S. The Hall–Kier alpha value is -1.50. The maximum absolute atomic E-state index is 11.6. The molecule has 1 N–H and O–H groups in total. The van der Waals surface area contributed by atoms with Crippen LogP contribution in [0.2, 0.25) is 0 Å². The molecule has 1 atom stereocenters. The number of anilines is 1. The van der Waals surface area contributed by atoms with Gasteiger partial charge in [-0.2, -0.15) is 0 Å². The largest absolute Gasteiger partial charge is 0.345 e. The Morgan fingerprint density at radius 1 is 1.75 bits per heavy atom. The van der Waals surface area contributed by atoms with Gasteiger partial charge in [-0.05, 0) is 17.8 Å². The SMILES string of the molecule is CCCC(C)C(=O)Nc1ncc([N+](=O)[O-])s1. The second kappa shape index (κ2) is 5.55. The average molecular weight is 243 g/mol. The first-order chi connectivity index (χ1) is 7.54. The first-order valence-electron chi connectivity index (χ1n) is 4.95. The van der Waals surface area contributed by atoms with Crippen molar-refractivity contribution in [3.05, 3.63) is 16.3 Å². The van der Waals surface area contributed by atoms with E-state index in [2.05, 4.69) is 10.3 Å². The number of hydrogen-bond acceptors (Lipinski definition) is 5. The zero-order valence-corrected chi connectivity index (χ0v) is 9.91. The number of hydrogen-bond donors (Lipinski definition) is 1. The van der Waals surface area contributed by atoms with Gasteiger partial charge in [-0.25, -0.2) is 4.98 Å². The normalized spacial score (nSPS) is 12.1. The average Bonchev–Trinajstić information content (AvgIpc) is 2.66. The minimum Gasteiger partial charge on any atom is -0.302 e. The van der Waals surface area contributed by atoms with Crippen molar-refractivity contribution in [2.45, 2.75) is 26.7 Å². The van der Waals surface area contributed by atoms with Crippen molar-refractivity contribution in [3.8, 4) is 0 Å². The molecule has 0 radical (unpaired) electrons. The summed E-state index contributed by atoms with van der Waals surface area (Å²) in [6, 6.07) is 0. The van der Waals surface area contributed by atoms with Gasteiger partial charge in [0, 0.05) is 5.92 Å². The van der Waals surface area contributed by atoms with E-state index in [1.54, 1.807) is 0 Å². The molecule has 1 heterocycles. The van der Waals surface area contributed by atoms with Gasteiger partial charge in [-0.3, -0.25) is 14.9 Å². The highest BCUT2D eigenvalue weighted by molar-refractivity contribution is 7.18. The van der Waals surface area contributed by atoms with Gasteiger partial charge < -0.3 is 5.32 Å². The number of nitro groups is 1. The molecule has 1 unspecified atom stereocenters.